The van der Waals surface area contributed by atoms with Crippen LogP contribution in [0.25, 0.3) is 0 Å². The van der Waals surface area contributed by atoms with Crippen LogP contribution in [0.5, 0.6) is 0 Å². The number of H-pyrrole nitrogens is 1. The van der Waals surface area contributed by atoms with E-state index in [1.54, 1.807) is 12.5 Å². The maximum atomic E-state index is 10.3. The van der Waals surface area contributed by atoms with Crippen molar-refractivity contribution in [3.8, 4) is 0 Å². The summed E-state index contributed by atoms with van der Waals surface area (Å²) in [5.41, 5.74) is 0.569. The zero-order chi connectivity index (χ0) is 11.4. The zero-order valence-electron chi connectivity index (χ0n) is 9.87. The molecule has 0 aromatic carbocycles. The second-order valence-electron chi connectivity index (χ2n) is 5.09. The van der Waals surface area contributed by atoms with Crippen molar-refractivity contribution < 1.29 is 5.11 Å². The number of rotatable bonds is 4. The fraction of sp³-hybridized carbons (Fsp3) is 0.750. The van der Waals surface area contributed by atoms with Crippen molar-refractivity contribution in [3.05, 3.63) is 18.2 Å². The van der Waals surface area contributed by atoms with E-state index in [1.165, 1.54) is 0 Å². The van der Waals surface area contributed by atoms with Crippen LogP contribution in [-0.4, -0.2) is 27.2 Å². The Labute approximate surface area is 96.5 Å². The van der Waals surface area contributed by atoms with Crippen molar-refractivity contribution in [1.82, 2.24) is 15.3 Å². The first-order valence-electron chi connectivity index (χ1n) is 6.08. The van der Waals surface area contributed by atoms with E-state index in [4.69, 9.17) is 0 Å². The molecule has 1 heterocycles. The third kappa shape index (κ3) is 3.06. The molecule has 90 valence electrons. The Bertz CT molecular complexity index is 302. The second kappa shape index (κ2) is 4.97. The first kappa shape index (κ1) is 11.6. The molecule has 1 fully saturated rings. The molecule has 1 aliphatic rings. The Morgan fingerprint density at radius 3 is 2.94 bits per heavy atom. The molecule has 3 N–H and O–H groups in total. The molecule has 0 atom stereocenters. The van der Waals surface area contributed by atoms with Gasteiger partial charge in [0.05, 0.1) is 11.9 Å². The summed E-state index contributed by atoms with van der Waals surface area (Å²) in [7, 11) is 0. The number of nitrogens with one attached hydrogen (secondary N) is 2. The number of hydrogen-bond acceptors (Lipinski definition) is 3. The van der Waals surface area contributed by atoms with Crippen molar-refractivity contribution in [3.63, 3.8) is 0 Å². The first-order chi connectivity index (χ1) is 7.68. The van der Waals surface area contributed by atoms with Crippen LogP contribution < -0.4 is 5.32 Å². The van der Waals surface area contributed by atoms with Crippen molar-refractivity contribution in [2.24, 2.45) is 5.92 Å². The van der Waals surface area contributed by atoms with E-state index in [2.05, 4.69) is 22.2 Å². The fourth-order valence-electron chi connectivity index (χ4n) is 2.29. The highest BCUT2D eigenvalue weighted by molar-refractivity contribution is 4.94. The number of aromatic amines is 1. The minimum atomic E-state index is -0.494. The van der Waals surface area contributed by atoms with Crippen LogP contribution in [0.2, 0.25) is 0 Å². The van der Waals surface area contributed by atoms with Gasteiger partial charge in [-0.1, -0.05) is 6.92 Å². The van der Waals surface area contributed by atoms with E-state index in [0.717, 1.165) is 43.8 Å². The molecular weight excluding hydrogens is 202 g/mol. The molecule has 0 bridgehead atoms. The van der Waals surface area contributed by atoms with Crippen molar-refractivity contribution >= 4 is 0 Å². The van der Waals surface area contributed by atoms with Gasteiger partial charge >= 0.3 is 0 Å². The van der Waals surface area contributed by atoms with Gasteiger partial charge in [0.15, 0.2) is 0 Å². The lowest BCUT2D eigenvalue weighted by molar-refractivity contribution is -0.00634. The van der Waals surface area contributed by atoms with E-state index < -0.39 is 5.60 Å². The Balaban J connectivity index is 1.73. The third-order valence-electron chi connectivity index (χ3n) is 3.53. The first-order valence-corrected chi connectivity index (χ1v) is 6.08. The van der Waals surface area contributed by atoms with Crippen LogP contribution >= 0.6 is 0 Å². The molecule has 0 unspecified atom stereocenters. The fourth-order valence-corrected chi connectivity index (χ4v) is 2.29. The van der Waals surface area contributed by atoms with Crippen LogP contribution in [0.3, 0.4) is 0 Å². The molecule has 2 rings (SSSR count). The number of aromatic nitrogens is 2. The normalized spacial score (nSPS) is 30.5. The minimum Gasteiger partial charge on any atom is -0.389 e. The molecule has 0 saturated heterocycles. The molecule has 1 saturated carbocycles. The van der Waals surface area contributed by atoms with Crippen LogP contribution in [0, 0.1) is 5.92 Å². The van der Waals surface area contributed by atoms with Crippen LogP contribution in [-0.2, 0) is 6.54 Å². The lowest BCUT2D eigenvalue weighted by Crippen LogP contribution is -2.43. The quantitative estimate of drug-likeness (QED) is 0.724. The summed E-state index contributed by atoms with van der Waals surface area (Å²) in [6.45, 7) is 3.69. The van der Waals surface area contributed by atoms with E-state index in [9.17, 15) is 5.11 Å². The average Bonchev–Trinajstić information content (AvgIpc) is 2.76. The number of imidazole rings is 1. The van der Waals surface area contributed by atoms with Gasteiger partial charge < -0.3 is 15.4 Å². The average molecular weight is 223 g/mol. The van der Waals surface area contributed by atoms with Crippen LogP contribution in [0.15, 0.2) is 12.5 Å². The standard InChI is InChI=1S/C12H21N3O/c1-10-2-4-12(16,5-3-10)8-13-6-11-7-14-9-15-11/h7,9-10,13,16H,2-6,8H2,1H3,(H,14,15). The molecule has 1 aromatic heterocycles. The van der Waals surface area contributed by atoms with Crippen molar-refractivity contribution in [2.45, 2.75) is 44.8 Å². The van der Waals surface area contributed by atoms with Gasteiger partial charge in [-0.25, -0.2) is 4.98 Å². The molecule has 16 heavy (non-hydrogen) atoms. The number of nitrogens with zero attached hydrogens (tertiary/aromatic N) is 1. The van der Waals surface area contributed by atoms with E-state index in [0.29, 0.717) is 6.54 Å². The van der Waals surface area contributed by atoms with E-state index in [-0.39, 0.29) is 0 Å². The van der Waals surface area contributed by atoms with Gasteiger partial charge in [-0.3, -0.25) is 0 Å². The molecule has 4 heteroatoms. The maximum absolute atomic E-state index is 10.3. The summed E-state index contributed by atoms with van der Waals surface area (Å²) in [6.07, 6.45) is 7.60. The van der Waals surface area contributed by atoms with Gasteiger partial charge in [-0.05, 0) is 31.6 Å². The van der Waals surface area contributed by atoms with E-state index in [1.807, 2.05) is 0 Å². The van der Waals surface area contributed by atoms with Crippen LogP contribution in [0.1, 0.15) is 38.3 Å². The van der Waals surface area contributed by atoms with Gasteiger partial charge in [-0.15, -0.1) is 0 Å². The highest BCUT2D eigenvalue weighted by Crippen LogP contribution is 2.31. The Kier molecular flexibility index (Phi) is 3.61. The molecule has 1 aliphatic carbocycles. The van der Waals surface area contributed by atoms with Gasteiger partial charge in [0, 0.05) is 25.0 Å². The Morgan fingerprint density at radius 2 is 2.31 bits per heavy atom. The largest absolute Gasteiger partial charge is 0.389 e. The topological polar surface area (TPSA) is 60.9 Å². The summed E-state index contributed by atoms with van der Waals surface area (Å²) in [4.78, 5) is 7.00. The summed E-state index contributed by atoms with van der Waals surface area (Å²) in [6, 6.07) is 0. The molecule has 0 aliphatic heterocycles. The van der Waals surface area contributed by atoms with Crippen LogP contribution in [0.4, 0.5) is 0 Å². The summed E-state index contributed by atoms with van der Waals surface area (Å²) >= 11 is 0. The molecule has 4 nitrogen and oxygen atoms in total. The SMILES string of the molecule is CC1CCC(O)(CNCc2cnc[nH]2)CC1. The van der Waals surface area contributed by atoms with Gasteiger partial charge in [-0.2, -0.15) is 0 Å². The highest BCUT2D eigenvalue weighted by atomic mass is 16.3. The zero-order valence-corrected chi connectivity index (χ0v) is 9.87. The molecular formula is C12H21N3O. The Morgan fingerprint density at radius 1 is 1.56 bits per heavy atom. The van der Waals surface area contributed by atoms with E-state index >= 15 is 0 Å². The van der Waals surface area contributed by atoms with Gasteiger partial charge in [0.1, 0.15) is 0 Å². The van der Waals surface area contributed by atoms with Crippen molar-refractivity contribution in [1.29, 1.82) is 0 Å². The monoisotopic (exact) mass is 223 g/mol. The number of hydrogen-bond donors (Lipinski definition) is 3. The summed E-state index contributed by atoms with van der Waals surface area (Å²) in [5, 5.41) is 13.6. The maximum Gasteiger partial charge on any atom is 0.0922 e. The second-order valence-corrected chi connectivity index (χ2v) is 5.09. The lowest BCUT2D eigenvalue weighted by Gasteiger charge is -2.35. The lowest BCUT2D eigenvalue weighted by atomic mass is 9.79. The molecule has 0 amide bonds. The minimum absolute atomic E-state index is 0.494. The third-order valence-corrected chi connectivity index (χ3v) is 3.53. The van der Waals surface area contributed by atoms with Gasteiger partial charge in [0.25, 0.3) is 0 Å². The summed E-state index contributed by atoms with van der Waals surface area (Å²) < 4.78 is 0. The van der Waals surface area contributed by atoms with Crippen molar-refractivity contribution in [2.75, 3.05) is 6.54 Å². The molecule has 0 radical (unpaired) electrons. The van der Waals surface area contributed by atoms with Gasteiger partial charge in [0.2, 0.25) is 0 Å². The highest BCUT2D eigenvalue weighted by Gasteiger charge is 2.31. The predicted molar refractivity (Wildman–Crippen MR) is 62.9 cm³/mol. The smallest absolute Gasteiger partial charge is 0.0922 e. The summed E-state index contributed by atoms with van der Waals surface area (Å²) in [5.74, 6) is 0.771. The predicted octanol–water partition coefficient (Wildman–Crippen LogP) is 1.44. The Hall–Kier alpha value is -0.870. The number of aliphatic hydroxyl groups is 1. The molecule has 1 aromatic rings. The molecule has 0 spiro atoms.